The molecule has 1 N–H and O–H groups in total. The van der Waals surface area contributed by atoms with E-state index in [-0.39, 0.29) is 10.8 Å². The SMILES string of the molecule is C=C1/C(=C\C=C2/CCCC3(C)C(C(C)CCCC(O)(CC)CC)=CCC23)CC(Cl)CC1F. The van der Waals surface area contributed by atoms with E-state index in [2.05, 4.69) is 52.5 Å². The Labute approximate surface area is 200 Å². The fraction of sp³-hybridized carbons (Fsp3) is 0.724. The molecule has 180 valence electrons. The molecule has 0 aromatic rings. The molecule has 0 saturated heterocycles. The van der Waals surface area contributed by atoms with E-state index in [4.69, 9.17) is 11.6 Å². The van der Waals surface area contributed by atoms with Crippen LogP contribution in [0.15, 0.2) is 47.1 Å². The number of hydrogen-bond donors (Lipinski definition) is 1. The Hall–Kier alpha value is -0.860. The van der Waals surface area contributed by atoms with Crippen LogP contribution in [0, 0.1) is 17.3 Å². The first-order valence-corrected chi connectivity index (χ1v) is 13.4. The van der Waals surface area contributed by atoms with Gasteiger partial charge in [-0.05, 0) is 92.6 Å². The summed E-state index contributed by atoms with van der Waals surface area (Å²) < 4.78 is 14.2. The van der Waals surface area contributed by atoms with Crippen molar-refractivity contribution in [1.29, 1.82) is 0 Å². The number of rotatable bonds is 8. The Morgan fingerprint density at radius 1 is 1.34 bits per heavy atom. The van der Waals surface area contributed by atoms with Crippen LogP contribution >= 0.6 is 11.6 Å². The zero-order valence-corrected chi connectivity index (χ0v) is 21.5. The van der Waals surface area contributed by atoms with Gasteiger partial charge < -0.3 is 5.11 Å². The van der Waals surface area contributed by atoms with Crippen molar-refractivity contribution in [3.63, 3.8) is 0 Å². The molecule has 5 atom stereocenters. The van der Waals surface area contributed by atoms with Gasteiger partial charge in [0.2, 0.25) is 0 Å². The van der Waals surface area contributed by atoms with Gasteiger partial charge in [0.25, 0.3) is 0 Å². The maximum atomic E-state index is 14.2. The van der Waals surface area contributed by atoms with E-state index in [1.54, 1.807) is 5.57 Å². The van der Waals surface area contributed by atoms with Crippen LogP contribution in [-0.4, -0.2) is 22.3 Å². The van der Waals surface area contributed by atoms with E-state index < -0.39 is 11.8 Å². The van der Waals surface area contributed by atoms with E-state index in [1.807, 2.05) is 0 Å². The van der Waals surface area contributed by atoms with Crippen molar-refractivity contribution in [1.82, 2.24) is 0 Å². The van der Waals surface area contributed by atoms with Gasteiger partial charge >= 0.3 is 0 Å². The van der Waals surface area contributed by atoms with E-state index >= 15 is 0 Å². The Kier molecular flexibility index (Phi) is 8.53. The van der Waals surface area contributed by atoms with E-state index in [0.29, 0.717) is 23.8 Å². The van der Waals surface area contributed by atoms with Crippen LogP contribution in [0.25, 0.3) is 0 Å². The van der Waals surface area contributed by atoms with Gasteiger partial charge in [-0.1, -0.05) is 70.1 Å². The minimum Gasteiger partial charge on any atom is -0.390 e. The van der Waals surface area contributed by atoms with Gasteiger partial charge in [-0.2, -0.15) is 0 Å². The van der Waals surface area contributed by atoms with Gasteiger partial charge in [0.15, 0.2) is 0 Å². The Balaban J connectivity index is 1.68. The maximum absolute atomic E-state index is 14.2. The van der Waals surface area contributed by atoms with Crippen molar-refractivity contribution in [3.05, 3.63) is 47.1 Å². The van der Waals surface area contributed by atoms with Crippen LogP contribution in [0.1, 0.15) is 98.3 Å². The molecule has 3 rings (SSSR count). The normalized spacial score (nSPS) is 34.7. The predicted octanol–water partition coefficient (Wildman–Crippen LogP) is 8.63. The summed E-state index contributed by atoms with van der Waals surface area (Å²) in [7, 11) is 0. The molecule has 0 spiro atoms. The minimum absolute atomic E-state index is 0.129. The lowest BCUT2D eigenvalue weighted by Gasteiger charge is -2.42. The van der Waals surface area contributed by atoms with Crippen LogP contribution in [0.2, 0.25) is 0 Å². The molecular formula is C29H44ClFO. The molecule has 3 aliphatic rings. The standard InChI is InChI=1S/C29H44ClFO/c1-6-29(32,7-2)17-8-10-20(3)25-14-15-26-22(11-9-16-28(25,26)5)12-13-23-18-24(30)19-27(31)21(23)4/h12-14,20,24,26-27,32H,4,6-11,15-19H2,1-3,5H3/b22-12+,23-13-. The van der Waals surface area contributed by atoms with Crippen molar-refractivity contribution in [2.24, 2.45) is 17.3 Å². The zero-order valence-electron chi connectivity index (χ0n) is 20.7. The van der Waals surface area contributed by atoms with Crippen LogP contribution in [-0.2, 0) is 0 Å². The number of hydrogen-bond acceptors (Lipinski definition) is 1. The van der Waals surface area contributed by atoms with E-state index in [1.165, 1.54) is 18.4 Å². The van der Waals surface area contributed by atoms with Crippen LogP contribution in [0.4, 0.5) is 4.39 Å². The molecule has 0 bridgehead atoms. The van der Waals surface area contributed by atoms with Gasteiger partial charge in [-0.3, -0.25) is 0 Å². The zero-order chi connectivity index (χ0) is 23.5. The van der Waals surface area contributed by atoms with Gasteiger partial charge in [0, 0.05) is 5.38 Å². The number of aliphatic hydroxyl groups is 1. The fourth-order valence-electron chi connectivity index (χ4n) is 6.52. The molecule has 5 unspecified atom stereocenters. The number of alkyl halides is 2. The smallest absolute Gasteiger partial charge is 0.126 e. The molecular weight excluding hydrogens is 419 g/mol. The van der Waals surface area contributed by atoms with Gasteiger partial charge in [-0.15, -0.1) is 11.6 Å². The summed E-state index contributed by atoms with van der Waals surface area (Å²) >= 11 is 6.28. The highest BCUT2D eigenvalue weighted by Gasteiger charge is 2.45. The maximum Gasteiger partial charge on any atom is 0.126 e. The van der Waals surface area contributed by atoms with Crippen molar-refractivity contribution in [2.45, 2.75) is 115 Å². The summed E-state index contributed by atoms with van der Waals surface area (Å²) in [5.74, 6) is 1.11. The first-order chi connectivity index (χ1) is 15.1. The highest BCUT2D eigenvalue weighted by atomic mass is 35.5. The third-order valence-electron chi connectivity index (χ3n) is 8.93. The van der Waals surface area contributed by atoms with Gasteiger partial charge in [-0.25, -0.2) is 4.39 Å². The summed E-state index contributed by atoms with van der Waals surface area (Å²) in [6.07, 6.45) is 16.5. The Morgan fingerprint density at radius 2 is 2.06 bits per heavy atom. The summed E-state index contributed by atoms with van der Waals surface area (Å²) in [4.78, 5) is 0. The Bertz CT molecular complexity index is 774. The molecule has 0 radical (unpaired) electrons. The number of fused-ring (bicyclic) bond motifs is 1. The average molecular weight is 463 g/mol. The molecule has 3 aliphatic carbocycles. The van der Waals surface area contributed by atoms with Crippen molar-refractivity contribution >= 4 is 11.6 Å². The lowest BCUT2D eigenvalue weighted by molar-refractivity contribution is 0.0204. The molecule has 1 nitrogen and oxygen atoms in total. The van der Waals surface area contributed by atoms with Crippen LogP contribution < -0.4 is 0 Å². The molecule has 0 aromatic heterocycles. The van der Waals surface area contributed by atoms with E-state index in [0.717, 1.165) is 56.9 Å². The van der Waals surface area contributed by atoms with E-state index in [9.17, 15) is 9.50 Å². The minimum atomic E-state index is -1.01. The molecule has 2 saturated carbocycles. The van der Waals surface area contributed by atoms with Gasteiger partial charge in [0.1, 0.15) is 6.17 Å². The second-order valence-corrected chi connectivity index (χ2v) is 11.5. The lowest BCUT2D eigenvalue weighted by atomic mass is 9.62. The van der Waals surface area contributed by atoms with Gasteiger partial charge in [0.05, 0.1) is 5.60 Å². The summed E-state index contributed by atoms with van der Waals surface area (Å²) in [6.45, 7) is 13.0. The first kappa shape index (κ1) is 25.8. The fourth-order valence-corrected chi connectivity index (χ4v) is 6.84. The molecule has 0 heterocycles. The average Bonchev–Trinajstić information content (AvgIpc) is 3.12. The van der Waals surface area contributed by atoms with Crippen molar-refractivity contribution < 1.29 is 9.50 Å². The quantitative estimate of drug-likeness (QED) is 0.282. The lowest BCUT2D eigenvalue weighted by Crippen LogP contribution is -2.32. The molecule has 32 heavy (non-hydrogen) atoms. The molecule has 2 fully saturated rings. The number of halogens is 2. The second-order valence-electron chi connectivity index (χ2n) is 10.9. The highest BCUT2D eigenvalue weighted by Crippen LogP contribution is 2.57. The summed E-state index contributed by atoms with van der Waals surface area (Å²) in [6, 6.07) is 0. The van der Waals surface area contributed by atoms with Crippen molar-refractivity contribution in [2.75, 3.05) is 0 Å². The number of allylic oxidation sites excluding steroid dienone is 7. The third kappa shape index (κ3) is 5.44. The monoisotopic (exact) mass is 462 g/mol. The summed E-state index contributed by atoms with van der Waals surface area (Å²) in [5.41, 5.74) is 4.49. The molecule has 0 aromatic carbocycles. The predicted molar refractivity (Wildman–Crippen MR) is 136 cm³/mol. The summed E-state index contributed by atoms with van der Waals surface area (Å²) in [5, 5.41) is 10.5. The first-order valence-electron chi connectivity index (χ1n) is 12.9. The largest absolute Gasteiger partial charge is 0.390 e. The second kappa shape index (κ2) is 10.6. The molecule has 0 aliphatic heterocycles. The molecule has 3 heteroatoms. The topological polar surface area (TPSA) is 20.2 Å². The van der Waals surface area contributed by atoms with Crippen LogP contribution in [0.5, 0.6) is 0 Å². The highest BCUT2D eigenvalue weighted by molar-refractivity contribution is 6.21. The molecule has 0 amide bonds. The van der Waals surface area contributed by atoms with Crippen molar-refractivity contribution in [3.8, 4) is 0 Å². The van der Waals surface area contributed by atoms with Crippen LogP contribution in [0.3, 0.4) is 0 Å². The third-order valence-corrected chi connectivity index (χ3v) is 9.26. The Morgan fingerprint density at radius 3 is 2.75 bits per heavy atom.